The van der Waals surface area contributed by atoms with Crippen molar-refractivity contribution in [1.82, 2.24) is 10.3 Å². The van der Waals surface area contributed by atoms with Gasteiger partial charge in [0, 0.05) is 0 Å². The van der Waals surface area contributed by atoms with Crippen LogP contribution in [0.2, 0.25) is 0 Å². The van der Waals surface area contributed by atoms with Crippen molar-refractivity contribution in [2.45, 2.75) is 19.4 Å². The van der Waals surface area contributed by atoms with Crippen LogP contribution in [0.5, 0.6) is 0 Å². The summed E-state index contributed by atoms with van der Waals surface area (Å²) in [6.07, 6.45) is 1.53. The number of carbonyl (C=O) groups is 2. The number of carboxylic acids is 1. The van der Waals surface area contributed by atoms with Gasteiger partial charge >= 0.3 is 5.97 Å². The van der Waals surface area contributed by atoms with Crippen molar-refractivity contribution in [2.75, 3.05) is 6.54 Å². The molecule has 3 N–H and O–H groups in total. The van der Waals surface area contributed by atoms with E-state index >= 15 is 0 Å². The van der Waals surface area contributed by atoms with Gasteiger partial charge in [0.2, 0.25) is 0 Å². The quantitative estimate of drug-likeness (QED) is 0.765. The van der Waals surface area contributed by atoms with Gasteiger partial charge in [-0.3, -0.25) is 4.79 Å². The van der Waals surface area contributed by atoms with E-state index in [0.717, 1.165) is 6.92 Å². The van der Waals surface area contributed by atoms with Crippen LogP contribution in [0.4, 0.5) is 0 Å². The number of pyridine rings is 1. The van der Waals surface area contributed by atoms with Gasteiger partial charge in [-0.05, 0) is 38.1 Å². The van der Waals surface area contributed by atoms with Crippen molar-refractivity contribution >= 4 is 11.9 Å². The zero-order chi connectivity index (χ0) is 16.3. The highest BCUT2D eigenvalue weighted by atomic mass is 16.4. The Balaban J connectivity index is 2.12. The third kappa shape index (κ3) is 3.32. The molecule has 1 unspecified atom stereocenters. The molecule has 0 aliphatic carbocycles. The highest BCUT2D eigenvalue weighted by Crippen LogP contribution is 2.19. The van der Waals surface area contributed by atoms with Crippen molar-refractivity contribution in [3.8, 4) is 11.5 Å². The van der Waals surface area contributed by atoms with E-state index in [2.05, 4.69) is 10.3 Å². The summed E-state index contributed by atoms with van der Waals surface area (Å²) in [5.74, 6) is -1.32. The molecule has 0 bridgehead atoms. The highest BCUT2D eigenvalue weighted by molar-refractivity contribution is 5.95. The van der Waals surface area contributed by atoms with Crippen LogP contribution in [0.15, 0.2) is 34.9 Å². The molecule has 7 nitrogen and oxygen atoms in total. The lowest BCUT2D eigenvalue weighted by Gasteiger charge is -2.18. The molecule has 0 aromatic carbocycles. The molecule has 2 heterocycles. The number of amides is 1. The van der Waals surface area contributed by atoms with Gasteiger partial charge in [-0.1, -0.05) is 0 Å². The average molecular weight is 304 g/mol. The van der Waals surface area contributed by atoms with Crippen LogP contribution in [0, 0.1) is 6.92 Å². The number of rotatable bonds is 5. The standard InChI is InChI=1S/C15H16N2O5/c1-9-10(13(18)16-8-15(2,21)14(19)20)5-6-11(17-9)12-4-3-7-22-12/h3-7,21H,8H2,1-2H3,(H,16,18)(H,19,20). The number of furan rings is 1. The molecule has 0 saturated heterocycles. The van der Waals surface area contributed by atoms with Crippen LogP contribution in [-0.2, 0) is 4.79 Å². The van der Waals surface area contributed by atoms with Crippen LogP contribution < -0.4 is 5.32 Å². The molecule has 2 aromatic heterocycles. The molecule has 0 aliphatic rings. The molecule has 1 atom stereocenters. The molecule has 2 rings (SSSR count). The summed E-state index contributed by atoms with van der Waals surface area (Å²) < 4.78 is 5.23. The van der Waals surface area contributed by atoms with Gasteiger partial charge < -0.3 is 19.9 Å². The van der Waals surface area contributed by atoms with Crippen molar-refractivity contribution in [3.05, 3.63) is 41.8 Å². The number of aliphatic hydroxyl groups is 1. The number of hydrogen-bond acceptors (Lipinski definition) is 5. The highest BCUT2D eigenvalue weighted by Gasteiger charge is 2.30. The number of aliphatic carboxylic acids is 1. The Morgan fingerprint density at radius 3 is 2.64 bits per heavy atom. The maximum atomic E-state index is 12.1. The Hall–Kier alpha value is -2.67. The predicted octanol–water partition coefficient (Wildman–Crippen LogP) is 1.22. The lowest BCUT2D eigenvalue weighted by molar-refractivity contribution is -0.155. The lowest BCUT2D eigenvalue weighted by atomic mass is 10.1. The Bertz CT molecular complexity index is 692. The van der Waals surface area contributed by atoms with Gasteiger partial charge in [0.15, 0.2) is 11.4 Å². The molecule has 2 aromatic rings. The zero-order valence-corrected chi connectivity index (χ0v) is 12.2. The van der Waals surface area contributed by atoms with Crippen LogP contribution >= 0.6 is 0 Å². The summed E-state index contributed by atoms with van der Waals surface area (Å²) in [5.41, 5.74) is -0.653. The maximum Gasteiger partial charge on any atom is 0.337 e. The molecule has 116 valence electrons. The van der Waals surface area contributed by atoms with E-state index in [-0.39, 0.29) is 0 Å². The Labute approximate surface area is 126 Å². The number of aromatic nitrogens is 1. The van der Waals surface area contributed by atoms with Crippen LogP contribution in [0.3, 0.4) is 0 Å². The molecule has 1 amide bonds. The van der Waals surface area contributed by atoms with Gasteiger partial charge in [-0.15, -0.1) is 0 Å². The second-order valence-electron chi connectivity index (χ2n) is 5.07. The Morgan fingerprint density at radius 1 is 1.36 bits per heavy atom. The number of aryl methyl sites for hydroxylation is 1. The van der Waals surface area contributed by atoms with E-state index in [0.29, 0.717) is 22.7 Å². The van der Waals surface area contributed by atoms with E-state index in [1.165, 1.54) is 6.26 Å². The van der Waals surface area contributed by atoms with Crippen molar-refractivity contribution < 1.29 is 24.2 Å². The molecule has 0 aliphatic heterocycles. The van der Waals surface area contributed by atoms with Gasteiger partial charge in [-0.2, -0.15) is 0 Å². The SMILES string of the molecule is Cc1nc(-c2ccco2)ccc1C(=O)NCC(C)(O)C(=O)O. The van der Waals surface area contributed by atoms with Gasteiger partial charge in [0.1, 0.15) is 5.69 Å². The van der Waals surface area contributed by atoms with E-state index in [9.17, 15) is 14.7 Å². The fourth-order valence-corrected chi connectivity index (χ4v) is 1.79. The summed E-state index contributed by atoms with van der Waals surface area (Å²) in [6, 6.07) is 6.70. The van der Waals surface area contributed by atoms with Crippen LogP contribution in [-0.4, -0.2) is 39.2 Å². The largest absolute Gasteiger partial charge is 0.479 e. The molecule has 0 spiro atoms. The fourth-order valence-electron chi connectivity index (χ4n) is 1.79. The Morgan fingerprint density at radius 2 is 2.09 bits per heavy atom. The number of carboxylic acid groups (broad SMARTS) is 1. The van der Waals surface area contributed by atoms with E-state index in [1.807, 2.05) is 0 Å². The number of carbonyl (C=O) groups excluding carboxylic acids is 1. The summed E-state index contributed by atoms with van der Waals surface area (Å²) in [5, 5.41) is 20.8. The molecule has 22 heavy (non-hydrogen) atoms. The Kier molecular flexibility index (Phi) is 4.27. The van der Waals surface area contributed by atoms with E-state index < -0.39 is 24.0 Å². The fraction of sp³-hybridized carbons (Fsp3) is 0.267. The summed E-state index contributed by atoms with van der Waals surface area (Å²) in [4.78, 5) is 27.1. The summed E-state index contributed by atoms with van der Waals surface area (Å²) in [7, 11) is 0. The minimum atomic E-state index is -2.02. The predicted molar refractivity (Wildman–Crippen MR) is 77.3 cm³/mol. The van der Waals surface area contributed by atoms with E-state index in [4.69, 9.17) is 9.52 Å². The molecule has 7 heteroatoms. The number of nitrogens with zero attached hydrogens (tertiary/aromatic N) is 1. The molecule has 0 fully saturated rings. The first-order valence-corrected chi connectivity index (χ1v) is 6.57. The first-order valence-electron chi connectivity index (χ1n) is 6.57. The first kappa shape index (κ1) is 15.7. The normalized spacial score (nSPS) is 13.4. The number of nitrogens with one attached hydrogen (secondary N) is 1. The van der Waals surface area contributed by atoms with Crippen LogP contribution in [0.1, 0.15) is 23.0 Å². The minimum absolute atomic E-state index is 0.302. The monoisotopic (exact) mass is 304 g/mol. The lowest BCUT2D eigenvalue weighted by Crippen LogP contribution is -2.46. The van der Waals surface area contributed by atoms with Crippen molar-refractivity contribution in [3.63, 3.8) is 0 Å². The van der Waals surface area contributed by atoms with Gasteiger partial charge in [-0.25, -0.2) is 9.78 Å². The zero-order valence-electron chi connectivity index (χ0n) is 12.2. The molecule has 0 radical (unpaired) electrons. The third-order valence-corrected chi connectivity index (χ3v) is 3.16. The van der Waals surface area contributed by atoms with Gasteiger partial charge in [0.25, 0.3) is 5.91 Å². The minimum Gasteiger partial charge on any atom is -0.479 e. The maximum absolute atomic E-state index is 12.1. The average Bonchev–Trinajstić information content (AvgIpc) is 2.98. The topological polar surface area (TPSA) is 113 Å². The van der Waals surface area contributed by atoms with E-state index in [1.54, 1.807) is 31.2 Å². The molecule has 0 saturated carbocycles. The second kappa shape index (κ2) is 5.98. The van der Waals surface area contributed by atoms with Crippen molar-refractivity contribution in [2.24, 2.45) is 0 Å². The first-order chi connectivity index (χ1) is 10.3. The number of hydrogen-bond donors (Lipinski definition) is 3. The summed E-state index contributed by atoms with van der Waals surface area (Å²) in [6.45, 7) is 2.37. The second-order valence-corrected chi connectivity index (χ2v) is 5.07. The van der Waals surface area contributed by atoms with Crippen molar-refractivity contribution in [1.29, 1.82) is 0 Å². The smallest absolute Gasteiger partial charge is 0.337 e. The van der Waals surface area contributed by atoms with Crippen LogP contribution in [0.25, 0.3) is 11.5 Å². The summed E-state index contributed by atoms with van der Waals surface area (Å²) >= 11 is 0. The van der Waals surface area contributed by atoms with Gasteiger partial charge in [0.05, 0.1) is 24.1 Å². The third-order valence-electron chi connectivity index (χ3n) is 3.16. The molecular formula is C15H16N2O5. The molecular weight excluding hydrogens is 288 g/mol.